The van der Waals surface area contributed by atoms with E-state index in [-0.39, 0.29) is 20.1 Å². The van der Waals surface area contributed by atoms with Crippen LogP contribution in [0.15, 0.2) is 109 Å². The molecule has 2 nitrogen and oxygen atoms in total. The maximum absolute atomic E-state index is 4.77. The van der Waals surface area contributed by atoms with Crippen LogP contribution >= 0.6 is 0 Å². The van der Waals surface area contributed by atoms with E-state index in [0.29, 0.717) is 0 Å². The molecule has 0 N–H and O–H groups in total. The monoisotopic (exact) mass is 745 g/mol. The van der Waals surface area contributed by atoms with Gasteiger partial charge >= 0.3 is 0 Å². The minimum Gasteiger partial charge on any atom is -0.305 e. The molecular formula is C38H40IrN2Si-2. The summed E-state index contributed by atoms with van der Waals surface area (Å²) in [5.41, 5.74) is 8.11. The second kappa shape index (κ2) is 15.3. The third-order valence-electron chi connectivity index (χ3n) is 7.87. The zero-order chi connectivity index (χ0) is 28.5. The fourth-order valence-corrected chi connectivity index (χ4v) is 7.27. The Balaban J connectivity index is 0.000000193. The Labute approximate surface area is 267 Å². The van der Waals surface area contributed by atoms with Crippen LogP contribution < -0.4 is 5.19 Å². The van der Waals surface area contributed by atoms with Gasteiger partial charge in [-0.05, 0) is 46.1 Å². The van der Waals surface area contributed by atoms with Gasteiger partial charge in [0.1, 0.15) is 0 Å². The van der Waals surface area contributed by atoms with E-state index in [0.717, 1.165) is 28.4 Å². The number of pyridine rings is 2. The van der Waals surface area contributed by atoms with Gasteiger partial charge in [0.2, 0.25) is 0 Å². The molecule has 1 aliphatic rings. The molecule has 217 valence electrons. The third-order valence-corrected chi connectivity index (χ3v) is 9.93. The molecule has 0 spiro atoms. The summed E-state index contributed by atoms with van der Waals surface area (Å²) < 4.78 is 0. The normalized spacial score (nSPS) is 13.4. The fourth-order valence-electron chi connectivity index (χ4n) is 5.68. The number of nitrogens with zero attached hydrogens (tertiary/aromatic N) is 2. The molecule has 2 heterocycles. The molecule has 1 radical (unpaired) electrons. The van der Waals surface area contributed by atoms with Crippen molar-refractivity contribution in [2.75, 3.05) is 0 Å². The first-order valence-corrected chi connectivity index (χ1v) is 18.4. The summed E-state index contributed by atoms with van der Waals surface area (Å²) in [5.74, 6) is 0.869. The SMILES string of the molecule is C[Si](C)(C)c1cnc(-c2[c-]cccc2)cc1CC1CCCCC1.[Ir].[c-]1ccccc1-c1cc(-c2ccccc2)ccn1. The molecule has 0 unspecified atom stereocenters. The molecule has 0 amide bonds. The van der Waals surface area contributed by atoms with E-state index in [1.54, 1.807) is 10.8 Å². The number of hydrogen-bond donors (Lipinski definition) is 0. The van der Waals surface area contributed by atoms with Gasteiger partial charge < -0.3 is 9.97 Å². The van der Waals surface area contributed by atoms with Gasteiger partial charge in [-0.3, -0.25) is 0 Å². The van der Waals surface area contributed by atoms with Gasteiger partial charge in [-0.15, -0.1) is 71.8 Å². The summed E-state index contributed by atoms with van der Waals surface area (Å²) >= 11 is 0. The van der Waals surface area contributed by atoms with Crippen molar-refractivity contribution < 1.29 is 20.1 Å². The molecule has 0 atom stereocenters. The van der Waals surface area contributed by atoms with E-state index in [1.165, 1.54) is 49.7 Å². The molecule has 0 bridgehead atoms. The van der Waals surface area contributed by atoms with Crippen LogP contribution in [0.4, 0.5) is 0 Å². The van der Waals surface area contributed by atoms with E-state index in [4.69, 9.17) is 4.98 Å². The summed E-state index contributed by atoms with van der Waals surface area (Å²) in [7, 11) is -1.36. The van der Waals surface area contributed by atoms with Gasteiger partial charge in [0.25, 0.3) is 0 Å². The zero-order valence-corrected chi connectivity index (χ0v) is 28.3. The van der Waals surface area contributed by atoms with Crippen molar-refractivity contribution in [2.45, 2.75) is 58.2 Å². The molecule has 2 aromatic heterocycles. The van der Waals surface area contributed by atoms with Gasteiger partial charge in [0.15, 0.2) is 0 Å². The summed E-state index contributed by atoms with van der Waals surface area (Å²) in [6, 6.07) is 39.4. The third kappa shape index (κ3) is 8.67. The van der Waals surface area contributed by atoms with Crippen LogP contribution in [0.2, 0.25) is 19.6 Å². The second-order valence-corrected chi connectivity index (χ2v) is 17.1. The minimum absolute atomic E-state index is 0. The summed E-state index contributed by atoms with van der Waals surface area (Å²) in [6.45, 7) is 7.30. The van der Waals surface area contributed by atoms with Crippen molar-refractivity contribution in [1.29, 1.82) is 0 Å². The van der Waals surface area contributed by atoms with Crippen LogP contribution in [-0.2, 0) is 26.5 Å². The van der Waals surface area contributed by atoms with E-state index in [1.807, 2.05) is 66.9 Å². The van der Waals surface area contributed by atoms with Crippen LogP contribution in [0.25, 0.3) is 33.6 Å². The van der Waals surface area contributed by atoms with Gasteiger partial charge in [-0.1, -0.05) is 99.8 Å². The molecule has 1 fully saturated rings. The van der Waals surface area contributed by atoms with Gasteiger partial charge in [-0.25, -0.2) is 0 Å². The van der Waals surface area contributed by atoms with Crippen molar-refractivity contribution in [2.24, 2.45) is 5.92 Å². The summed E-state index contributed by atoms with van der Waals surface area (Å²) in [4.78, 5) is 9.18. The van der Waals surface area contributed by atoms with Crippen LogP contribution in [0.3, 0.4) is 0 Å². The molecule has 6 rings (SSSR count). The first-order valence-electron chi connectivity index (χ1n) is 14.9. The number of aromatic nitrogens is 2. The average molecular weight is 745 g/mol. The van der Waals surface area contributed by atoms with Gasteiger partial charge in [0, 0.05) is 32.5 Å². The smallest absolute Gasteiger partial charge is 0.0798 e. The Morgan fingerprint density at radius 3 is 1.90 bits per heavy atom. The van der Waals surface area contributed by atoms with E-state index in [2.05, 4.69) is 79.4 Å². The number of benzene rings is 3. The summed E-state index contributed by atoms with van der Waals surface area (Å²) in [6.07, 6.45) is 12.3. The summed E-state index contributed by atoms with van der Waals surface area (Å²) in [5, 5.41) is 1.54. The van der Waals surface area contributed by atoms with E-state index < -0.39 is 8.07 Å². The standard InChI is InChI=1S/C21H28NSi.C17H12N.Ir/c1-23(2,3)21-16-22-20(18-12-8-5-9-13-18)15-19(21)14-17-10-6-4-7-11-17;1-3-7-14(8-4-1)16-11-12-18-17(13-16)15-9-5-2-6-10-15;/h5,8-9,12,15-17H,4,6-7,10-11,14H2,1-3H3;1-9,11-13H;/q2*-1;. The molecule has 1 saturated carbocycles. The average Bonchev–Trinajstić information content (AvgIpc) is 3.03. The van der Waals surface area contributed by atoms with Crippen LogP contribution in [0, 0.1) is 18.1 Å². The molecule has 4 heteroatoms. The van der Waals surface area contributed by atoms with Crippen molar-refractivity contribution in [3.05, 3.63) is 127 Å². The topological polar surface area (TPSA) is 25.8 Å². The molecule has 3 aromatic carbocycles. The van der Waals surface area contributed by atoms with E-state index in [9.17, 15) is 0 Å². The molecule has 0 aliphatic heterocycles. The Morgan fingerprint density at radius 2 is 1.31 bits per heavy atom. The van der Waals surface area contributed by atoms with Crippen LogP contribution in [0.5, 0.6) is 0 Å². The largest absolute Gasteiger partial charge is 0.305 e. The maximum atomic E-state index is 4.77. The predicted molar refractivity (Wildman–Crippen MR) is 176 cm³/mol. The van der Waals surface area contributed by atoms with Crippen LogP contribution in [0.1, 0.15) is 37.7 Å². The van der Waals surface area contributed by atoms with Crippen LogP contribution in [-0.4, -0.2) is 18.0 Å². The molecule has 1 aliphatic carbocycles. The van der Waals surface area contributed by atoms with Gasteiger partial charge in [0.05, 0.1) is 8.07 Å². The second-order valence-electron chi connectivity index (χ2n) is 12.0. The van der Waals surface area contributed by atoms with Crippen molar-refractivity contribution in [3.63, 3.8) is 0 Å². The fraction of sp³-hybridized carbons (Fsp3) is 0.263. The maximum Gasteiger partial charge on any atom is 0.0798 e. The molecule has 5 aromatic rings. The van der Waals surface area contributed by atoms with Crippen molar-refractivity contribution >= 4 is 13.3 Å². The molecule has 0 saturated heterocycles. The molecule has 42 heavy (non-hydrogen) atoms. The zero-order valence-electron chi connectivity index (χ0n) is 24.9. The quantitative estimate of drug-likeness (QED) is 0.128. The van der Waals surface area contributed by atoms with Crippen molar-refractivity contribution in [3.8, 4) is 33.6 Å². The van der Waals surface area contributed by atoms with Gasteiger partial charge in [-0.2, -0.15) is 0 Å². The Hall–Kier alpha value is -3.17. The molecular weight excluding hydrogens is 705 g/mol. The first kappa shape index (κ1) is 31.8. The van der Waals surface area contributed by atoms with Crippen molar-refractivity contribution in [1.82, 2.24) is 9.97 Å². The first-order chi connectivity index (χ1) is 20.0. The number of hydrogen-bond acceptors (Lipinski definition) is 2. The predicted octanol–water partition coefficient (Wildman–Crippen LogP) is 9.43. The van der Waals surface area contributed by atoms with E-state index >= 15 is 0 Å². The minimum atomic E-state index is -1.36. The Kier molecular flexibility index (Phi) is 11.6. The number of rotatable bonds is 6. The Morgan fingerprint density at radius 1 is 0.690 bits per heavy atom. The Bertz CT molecular complexity index is 1460.